The average Bonchev–Trinajstić information content (AvgIpc) is 2.44. The molecule has 0 amide bonds. The largest absolute Gasteiger partial charge is 0.306 e. The Labute approximate surface area is 132 Å². The first-order chi connectivity index (χ1) is 9.93. The van der Waals surface area contributed by atoms with Crippen molar-refractivity contribution in [2.45, 2.75) is 26.8 Å². The lowest BCUT2D eigenvalue weighted by molar-refractivity contribution is 0.537. The molecule has 112 valence electrons. The molecule has 0 aliphatic carbocycles. The molecule has 0 bridgehead atoms. The van der Waals surface area contributed by atoms with Crippen LogP contribution in [0.5, 0.6) is 0 Å². The number of nitrogens with one attached hydrogen (secondary N) is 1. The van der Waals surface area contributed by atoms with E-state index in [-0.39, 0.29) is 6.04 Å². The predicted molar refractivity (Wildman–Crippen MR) is 85.5 cm³/mol. The van der Waals surface area contributed by atoms with Crippen molar-refractivity contribution < 1.29 is 8.78 Å². The van der Waals surface area contributed by atoms with E-state index in [4.69, 9.17) is 0 Å². The number of hydrogen-bond acceptors (Lipinski definition) is 1. The summed E-state index contributed by atoms with van der Waals surface area (Å²) in [5.41, 5.74) is 2.96. The molecule has 0 saturated carbocycles. The van der Waals surface area contributed by atoms with E-state index in [1.807, 2.05) is 32.0 Å². The molecule has 0 aliphatic rings. The van der Waals surface area contributed by atoms with E-state index in [0.29, 0.717) is 17.7 Å². The molecule has 0 radical (unpaired) electrons. The SMILES string of the molecule is CCNC(c1ccc(Br)c(C)c1)c1cc(C)c(F)cc1F. The zero-order valence-electron chi connectivity index (χ0n) is 12.3. The van der Waals surface area contributed by atoms with Gasteiger partial charge >= 0.3 is 0 Å². The second-order valence-corrected chi connectivity index (χ2v) is 5.98. The summed E-state index contributed by atoms with van der Waals surface area (Å²) in [5, 5.41) is 3.27. The van der Waals surface area contributed by atoms with Gasteiger partial charge in [0.05, 0.1) is 6.04 Å². The quantitative estimate of drug-likeness (QED) is 0.811. The molecule has 1 nitrogen and oxygen atoms in total. The minimum Gasteiger partial charge on any atom is -0.306 e. The van der Waals surface area contributed by atoms with Gasteiger partial charge in [-0.15, -0.1) is 0 Å². The number of rotatable bonds is 4. The summed E-state index contributed by atoms with van der Waals surface area (Å²) in [4.78, 5) is 0. The van der Waals surface area contributed by atoms with Crippen LogP contribution < -0.4 is 5.32 Å². The molecule has 1 N–H and O–H groups in total. The smallest absolute Gasteiger partial charge is 0.131 e. The molecular weight excluding hydrogens is 336 g/mol. The molecular formula is C17H18BrF2N. The molecule has 2 aromatic carbocycles. The molecule has 0 aromatic heterocycles. The van der Waals surface area contributed by atoms with Gasteiger partial charge in [-0.2, -0.15) is 0 Å². The minimum atomic E-state index is -0.523. The lowest BCUT2D eigenvalue weighted by Gasteiger charge is -2.21. The fourth-order valence-electron chi connectivity index (χ4n) is 2.36. The van der Waals surface area contributed by atoms with Crippen LogP contribution in [0.25, 0.3) is 0 Å². The maximum atomic E-state index is 14.2. The second kappa shape index (κ2) is 6.67. The predicted octanol–water partition coefficient (Wildman–Crippen LogP) is 5.04. The van der Waals surface area contributed by atoms with Crippen LogP contribution in [-0.4, -0.2) is 6.54 Å². The lowest BCUT2D eigenvalue weighted by Crippen LogP contribution is -2.23. The number of benzene rings is 2. The monoisotopic (exact) mass is 353 g/mol. The van der Waals surface area contributed by atoms with Gasteiger partial charge in [-0.25, -0.2) is 8.78 Å². The van der Waals surface area contributed by atoms with E-state index in [1.165, 1.54) is 0 Å². The molecule has 0 heterocycles. The number of aryl methyl sites for hydroxylation is 2. The highest BCUT2D eigenvalue weighted by Gasteiger charge is 2.19. The van der Waals surface area contributed by atoms with Gasteiger partial charge in [-0.05, 0) is 49.2 Å². The molecule has 1 atom stereocenters. The minimum absolute atomic E-state index is 0.291. The van der Waals surface area contributed by atoms with Crippen LogP contribution in [0.4, 0.5) is 8.78 Å². The Balaban J connectivity index is 2.52. The Hall–Kier alpha value is -1.26. The van der Waals surface area contributed by atoms with Crippen molar-refractivity contribution in [3.8, 4) is 0 Å². The Morgan fingerprint density at radius 2 is 1.76 bits per heavy atom. The van der Waals surface area contributed by atoms with Gasteiger partial charge in [0.15, 0.2) is 0 Å². The van der Waals surface area contributed by atoms with Gasteiger partial charge < -0.3 is 5.32 Å². The summed E-state index contributed by atoms with van der Waals surface area (Å²) in [6.45, 7) is 6.29. The van der Waals surface area contributed by atoms with Crippen LogP contribution in [0.1, 0.15) is 35.2 Å². The molecule has 1 unspecified atom stereocenters. The fourth-order valence-corrected chi connectivity index (χ4v) is 2.61. The van der Waals surface area contributed by atoms with Gasteiger partial charge in [0.1, 0.15) is 11.6 Å². The third-order valence-electron chi connectivity index (χ3n) is 3.51. The molecule has 0 fully saturated rings. The summed E-state index contributed by atoms with van der Waals surface area (Å²) in [6.07, 6.45) is 0. The van der Waals surface area contributed by atoms with E-state index in [0.717, 1.165) is 21.7 Å². The molecule has 0 spiro atoms. The fraction of sp³-hybridized carbons (Fsp3) is 0.294. The van der Waals surface area contributed by atoms with Crippen LogP contribution in [0, 0.1) is 25.5 Å². The van der Waals surface area contributed by atoms with Crippen molar-refractivity contribution in [1.29, 1.82) is 0 Å². The van der Waals surface area contributed by atoms with Gasteiger partial charge in [0.25, 0.3) is 0 Å². The average molecular weight is 354 g/mol. The van der Waals surface area contributed by atoms with Gasteiger partial charge in [-0.1, -0.05) is 35.0 Å². The van der Waals surface area contributed by atoms with E-state index < -0.39 is 11.6 Å². The molecule has 2 aromatic rings. The van der Waals surface area contributed by atoms with Crippen LogP contribution in [0.3, 0.4) is 0 Å². The number of halogens is 3. The highest BCUT2D eigenvalue weighted by Crippen LogP contribution is 2.29. The maximum absolute atomic E-state index is 14.2. The third kappa shape index (κ3) is 3.50. The molecule has 4 heteroatoms. The first-order valence-corrected chi connectivity index (χ1v) is 7.68. The van der Waals surface area contributed by atoms with Gasteiger partial charge in [0.2, 0.25) is 0 Å². The first kappa shape index (κ1) is 16.1. The Morgan fingerprint density at radius 3 is 2.38 bits per heavy atom. The maximum Gasteiger partial charge on any atom is 0.131 e. The Bertz CT molecular complexity index is 655. The van der Waals surface area contributed by atoms with Crippen LogP contribution >= 0.6 is 15.9 Å². The van der Waals surface area contributed by atoms with E-state index in [1.54, 1.807) is 13.0 Å². The van der Waals surface area contributed by atoms with Gasteiger partial charge in [0, 0.05) is 16.1 Å². The molecule has 21 heavy (non-hydrogen) atoms. The topological polar surface area (TPSA) is 12.0 Å². The summed E-state index contributed by atoms with van der Waals surface area (Å²) in [7, 11) is 0. The van der Waals surface area contributed by atoms with Crippen LogP contribution in [0.2, 0.25) is 0 Å². The van der Waals surface area contributed by atoms with E-state index >= 15 is 0 Å². The summed E-state index contributed by atoms with van der Waals surface area (Å²) in [5.74, 6) is -1.04. The van der Waals surface area contributed by atoms with E-state index in [9.17, 15) is 8.78 Å². The lowest BCUT2D eigenvalue weighted by atomic mass is 9.95. The standard InChI is InChI=1S/C17H18BrF2N/c1-4-21-17(12-5-6-14(18)10(2)7-12)13-8-11(3)15(19)9-16(13)20/h5-9,17,21H,4H2,1-3H3. The zero-order valence-corrected chi connectivity index (χ0v) is 13.9. The van der Waals surface area contributed by atoms with Crippen molar-refractivity contribution in [2.24, 2.45) is 0 Å². The van der Waals surface area contributed by atoms with Gasteiger partial charge in [-0.3, -0.25) is 0 Å². The Morgan fingerprint density at radius 1 is 1.05 bits per heavy atom. The van der Waals surface area contributed by atoms with Crippen molar-refractivity contribution in [2.75, 3.05) is 6.54 Å². The normalized spacial score (nSPS) is 12.5. The van der Waals surface area contributed by atoms with Crippen molar-refractivity contribution in [1.82, 2.24) is 5.32 Å². The second-order valence-electron chi connectivity index (χ2n) is 5.12. The van der Waals surface area contributed by atoms with Crippen molar-refractivity contribution >= 4 is 15.9 Å². The third-order valence-corrected chi connectivity index (χ3v) is 4.40. The summed E-state index contributed by atoms with van der Waals surface area (Å²) in [6, 6.07) is 8.15. The Kier molecular flexibility index (Phi) is 5.12. The number of hydrogen-bond donors (Lipinski definition) is 1. The molecule has 0 saturated heterocycles. The summed E-state index contributed by atoms with van der Waals surface area (Å²) >= 11 is 3.47. The molecule has 0 aliphatic heterocycles. The van der Waals surface area contributed by atoms with Crippen molar-refractivity contribution in [3.05, 3.63) is 68.7 Å². The highest BCUT2D eigenvalue weighted by atomic mass is 79.9. The van der Waals surface area contributed by atoms with Crippen LogP contribution in [-0.2, 0) is 0 Å². The van der Waals surface area contributed by atoms with E-state index in [2.05, 4.69) is 21.2 Å². The van der Waals surface area contributed by atoms with Crippen molar-refractivity contribution in [3.63, 3.8) is 0 Å². The zero-order chi connectivity index (χ0) is 15.6. The summed E-state index contributed by atoms with van der Waals surface area (Å²) < 4.78 is 28.7. The highest BCUT2D eigenvalue weighted by molar-refractivity contribution is 9.10. The first-order valence-electron chi connectivity index (χ1n) is 6.89. The van der Waals surface area contributed by atoms with Crippen LogP contribution in [0.15, 0.2) is 34.8 Å². The molecule has 2 rings (SSSR count).